The molecule has 0 bridgehead atoms. The van der Waals surface area contributed by atoms with Gasteiger partial charge in [0.1, 0.15) is 17.2 Å². The van der Waals surface area contributed by atoms with Gasteiger partial charge in [-0.25, -0.2) is 9.59 Å². The number of allylic oxidation sites excluding steroid dienone is 2. The van der Waals surface area contributed by atoms with Crippen LogP contribution in [0.4, 0.5) is 5.69 Å². The number of ether oxygens (including phenoxy) is 1. The van der Waals surface area contributed by atoms with Crippen LogP contribution in [0.15, 0.2) is 34.9 Å². The lowest BCUT2D eigenvalue weighted by molar-refractivity contribution is -0.147. The molecule has 1 unspecified atom stereocenters. The van der Waals surface area contributed by atoms with Crippen molar-refractivity contribution in [3.05, 3.63) is 51.0 Å². The Morgan fingerprint density at radius 3 is 2.71 bits per heavy atom. The Bertz CT molecular complexity index is 1030. The number of dihydropyridines is 1. The van der Waals surface area contributed by atoms with Gasteiger partial charge >= 0.3 is 11.9 Å². The quantitative estimate of drug-likeness (QED) is 0.532. The molecule has 3 aliphatic rings. The summed E-state index contributed by atoms with van der Waals surface area (Å²) in [6.45, 7) is 2.06. The van der Waals surface area contributed by atoms with Gasteiger partial charge in [0.05, 0.1) is 5.02 Å². The van der Waals surface area contributed by atoms with Crippen molar-refractivity contribution in [2.24, 2.45) is 5.92 Å². The molecule has 4 rings (SSSR count). The number of anilines is 1. The molecule has 1 amide bonds. The van der Waals surface area contributed by atoms with E-state index >= 15 is 0 Å². The first-order valence-corrected chi connectivity index (χ1v) is 9.30. The minimum Gasteiger partial charge on any atom is -0.474 e. The molecule has 0 spiro atoms. The summed E-state index contributed by atoms with van der Waals surface area (Å²) >= 11 is 6.40. The summed E-state index contributed by atoms with van der Waals surface area (Å²) in [6, 6.07) is 1.51. The third-order valence-electron chi connectivity index (χ3n) is 5.39. The van der Waals surface area contributed by atoms with Crippen LogP contribution in [-0.2, 0) is 27.2 Å². The number of carboxylic acid groups (broad SMARTS) is 1. The summed E-state index contributed by atoms with van der Waals surface area (Å²) in [6.07, 6.45) is 4.76. The molecule has 0 saturated carbocycles. The molecule has 3 N–H and O–H groups in total. The molecule has 8 heteroatoms. The zero-order chi connectivity index (χ0) is 20.0. The Morgan fingerprint density at radius 2 is 2.07 bits per heavy atom. The van der Waals surface area contributed by atoms with E-state index in [1.165, 1.54) is 6.07 Å². The van der Waals surface area contributed by atoms with Crippen LogP contribution < -0.4 is 15.4 Å². The second-order valence-corrected chi connectivity index (χ2v) is 7.42. The maximum absolute atomic E-state index is 11.5. The molecule has 0 radical (unpaired) electrons. The fourth-order valence-electron chi connectivity index (χ4n) is 3.92. The van der Waals surface area contributed by atoms with Crippen molar-refractivity contribution in [3.63, 3.8) is 0 Å². The molecule has 1 aromatic carbocycles. The number of carbonyl (C=O) groups is 2. The number of carboxylic acids is 1. The van der Waals surface area contributed by atoms with E-state index in [1.807, 2.05) is 5.94 Å². The number of carbonyl (C=O) groups excluding carboxylic acids is 2. The lowest BCUT2D eigenvalue weighted by Crippen LogP contribution is -2.25. The normalized spacial score (nSPS) is 19.6. The van der Waals surface area contributed by atoms with Gasteiger partial charge < -0.3 is 20.5 Å². The lowest BCUT2D eigenvalue weighted by atomic mass is 9.86. The van der Waals surface area contributed by atoms with Crippen molar-refractivity contribution in [2.75, 3.05) is 5.32 Å². The van der Waals surface area contributed by atoms with Crippen molar-refractivity contribution in [3.8, 4) is 5.75 Å². The van der Waals surface area contributed by atoms with Crippen molar-refractivity contribution < 1.29 is 24.2 Å². The Kier molecular flexibility index (Phi) is 4.49. The standard InChI is InChI=1S/C20H17ClN2O5/c1-9-2-3-12-16(7-22-15(8-24)17(9)12)28-18-11-5-4-10(11)14(6-13(18)21)23-19(25)20(26)27/h6-7,9,22H,2-5H2,1H3,(H,23,25)(H,26,27). The largest absolute Gasteiger partial charge is 0.474 e. The van der Waals surface area contributed by atoms with Gasteiger partial charge in [0.15, 0.2) is 5.94 Å². The fourth-order valence-corrected chi connectivity index (χ4v) is 4.18. The van der Waals surface area contributed by atoms with E-state index in [0.717, 1.165) is 35.1 Å². The molecule has 1 aliphatic heterocycles. The molecule has 28 heavy (non-hydrogen) atoms. The zero-order valence-electron chi connectivity index (χ0n) is 15.0. The lowest BCUT2D eigenvalue weighted by Gasteiger charge is -2.28. The molecule has 1 atom stereocenters. The predicted molar refractivity (Wildman–Crippen MR) is 102 cm³/mol. The Hall–Kier alpha value is -3.02. The van der Waals surface area contributed by atoms with Gasteiger partial charge in [-0.05, 0) is 48.8 Å². The maximum atomic E-state index is 11.5. The highest BCUT2D eigenvalue weighted by atomic mass is 35.5. The summed E-state index contributed by atoms with van der Waals surface area (Å²) in [4.78, 5) is 33.5. The first kappa shape index (κ1) is 18.3. The molecule has 0 saturated heterocycles. The molecule has 1 aromatic rings. The Morgan fingerprint density at radius 1 is 1.32 bits per heavy atom. The monoisotopic (exact) mass is 400 g/mol. The van der Waals surface area contributed by atoms with Crippen molar-refractivity contribution in [2.45, 2.75) is 32.6 Å². The second kappa shape index (κ2) is 6.86. The number of hydrogen-bond acceptors (Lipinski definition) is 5. The van der Waals surface area contributed by atoms with Gasteiger partial charge in [0, 0.05) is 23.0 Å². The SMILES string of the molecule is CC1CCC2=C1C(=C=O)NC=C2Oc1c(Cl)cc(NC(=O)C(=O)O)c2c1CC2. The molecular formula is C20H17ClN2O5. The second-order valence-electron chi connectivity index (χ2n) is 7.02. The van der Waals surface area contributed by atoms with Gasteiger partial charge in [-0.1, -0.05) is 18.5 Å². The van der Waals surface area contributed by atoms with Crippen LogP contribution in [0, 0.1) is 5.92 Å². The number of amides is 1. The van der Waals surface area contributed by atoms with E-state index in [9.17, 15) is 14.4 Å². The number of benzene rings is 1. The predicted octanol–water partition coefficient (Wildman–Crippen LogP) is 2.73. The smallest absolute Gasteiger partial charge is 0.394 e. The van der Waals surface area contributed by atoms with Crippen LogP contribution in [0.3, 0.4) is 0 Å². The van der Waals surface area contributed by atoms with E-state index in [1.54, 1.807) is 6.20 Å². The maximum Gasteiger partial charge on any atom is 0.394 e. The molecule has 0 fully saturated rings. The number of rotatable bonds is 3. The third-order valence-corrected chi connectivity index (χ3v) is 5.67. The van der Waals surface area contributed by atoms with Gasteiger partial charge in [0.25, 0.3) is 0 Å². The number of fused-ring (bicyclic) bond motifs is 1. The molecule has 144 valence electrons. The van der Waals surface area contributed by atoms with Gasteiger partial charge in [-0.15, -0.1) is 0 Å². The third kappa shape index (κ3) is 2.89. The summed E-state index contributed by atoms with van der Waals surface area (Å²) in [7, 11) is 0. The van der Waals surface area contributed by atoms with Crippen molar-refractivity contribution >= 4 is 35.1 Å². The first-order valence-electron chi connectivity index (χ1n) is 8.92. The number of hydrogen-bond donors (Lipinski definition) is 3. The highest BCUT2D eigenvalue weighted by Gasteiger charge is 2.33. The Balaban J connectivity index is 1.67. The van der Waals surface area contributed by atoms with Crippen LogP contribution >= 0.6 is 11.6 Å². The van der Waals surface area contributed by atoms with E-state index < -0.39 is 11.9 Å². The van der Waals surface area contributed by atoms with Crippen LogP contribution in [-0.4, -0.2) is 22.9 Å². The van der Waals surface area contributed by atoms with E-state index in [4.69, 9.17) is 21.4 Å². The van der Waals surface area contributed by atoms with E-state index in [-0.39, 0.29) is 10.9 Å². The van der Waals surface area contributed by atoms with Gasteiger partial charge in [0.2, 0.25) is 0 Å². The van der Waals surface area contributed by atoms with E-state index in [2.05, 4.69) is 17.6 Å². The molecular weight excluding hydrogens is 384 g/mol. The zero-order valence-corrected chi connectivity index (χ0v) is 15.8. The fraction of sp³-hybridized carbons (Fsp3) is 0.300. The van der Waals surface area contributed by atoms with Crippen LogP contribution in [0.2, 0.25) is 5.02 Å². The molecule has 7 nitrogen and oxygen atoms in total. The summed E-state index contributed by atoms with van der Waals surface area (Å²) in [5.74, 6) is 0.620. The molecule has 0 aromatic heterocycles. The number of aliphatic carboxylic acids is 1. The van der Waals surface area contributed by atoms with Gasteiger partial charge in [-0.2, -0.15) is 0 Å². The number of nitrogens with one attached hydrogen (secondary N) is 2. The minimum atomic E-state index is -1.56. The van der Waals surface area contributed by atoms with Crippen LogP contribution in [0.25, 0.3) is 0 Å². The highest BCUT2D eigenvalue weighted by Crippen LogP contribution is 2.46. The highest BCUT2D eigenvalue weighted by molar-refractivity contribution is 6.37. The van der Waals surface area contributed by atoms with Gasteiger partial charge in [-0.3, -0.25) is 4.79 Å². The van der Waals surface area contributed by atoms with Crippen LogP contribution in [0.5, 0.6) is 5.75 Å². The first-order chi connectivity index (χ1) is 13.4. The summed E-state index contributed by atoms with van der Waals surface area (Å²) in [5, 5.41) is 14.4. The van der Waals surface area contributed by atoms with E-state index in [0.29, 0.717) is 35.7 Å². The molecule has 2 aliphatic carbocycles. The average molecular weight is 401 g/mol. The minimum absolute atomic E-state index is 0.235. The molecule has 1 heterocycles. The number of halogens is 1. The van der Waals surface area contributed by atoms with Crippen LogP contribution in [0.1, 0.15) is 30.9 Å². The topological polar surface area (TPSA) is 105 Å². The van der Waals surface area contributed by atoms with Crippen molar-refractivity contribution in [1.82, 2.24) is 5.32 Å². The summed E-state index contributed by atoms with van der Waals surface area (Å²) in [5.41, 5.74) is 4.39. The van der Waals surface area contributed by atoms with Crippen molar-refractivity contribution in [1.29, 1.82) is 0 Å². The average Bonchev–Trinajstić information content (AvgIpc) is 3.01. The Labute approximate surface area is 165 Å². The summed E-state index contributed by atoms with van der Waals surface area (Å²) < 4.78 is 6.15.